The van der Waals surface area contributed by atoms with E-state index in [2.05, 4.69) is 32.0 Å². The van der Waals surface area contributed by atoms with Gasteiger partial charge in [0.1, 0.15) is 0 Å². The number of hydrogen-bond donors (Lipinski definition) is 1. The topological polar surface area (TPSA) is 20.2 Å². The van der Waals surface area contributed by atoms with E-state index in [0.29, 0.717) is 0 Å². The van der Waals surface area contributed by atoms with Crippen molar-refractivity contribution in [3.63, 3.8) is 0 Å². The smallest absolute Gasteiger partial charge is 0.0684 e. The number of aliphatic hydroxyl groups is 1. The van der Waals surface area contributed by atoms with Gasteiger partial charge in [0, 0.05) is 0 Å². The van der Waals surface area contributed by atoms with Crippen molar-refractivity contribution in [1.29, 1.82) is 0 Å². The molecule has 0 aromatic heterocycles. The molecule has 20 heavy (non-hydrogen) atoms. The highest BCUT2D eigenvalue weighted by molar-refractivity contribution is 5.32. The second-order valence-electron chi connectivity index (χ2n) is 5.88. The lowest BCUT2D eigenvalue weighted by Gasteiger charge is -2.10. The largest absolute Gasteiger partial charge is 0.392 e. The molecule has 0 amide bonds. The summed E-state index contributed by atoms with van der Waals surface area (Å²) in [6.45, 7) is 4.68. The van der Waals surface area contributed by atoms with Gasteiger partial charge >= 0.3 is 0 Å². The van der Waals surface area contributed by atoms with Crippen LogP contribution in [0.5, 0.6) is 0 Å². The monoisotopic (exact) mass is 276 g/mol. The van der Waals surface area contributed by atoms with Crippen LogP contribution in [0.15, 0.2) is 18.2 Å². The van der Waals surface area contributed by atoms with Crippen LogP contribution in [-0.2, 0) is 19.4 Å². The van der Waals surface area contributed by atoms with Crippen LogP contribution in [0, 0.1) is 0 Å². The molecule has 0 fully saturated rings. The third-order valence-corrected chi connectivity index (χ3v) is 4.06. The van der Waals surface area contributed by atoms with Crippen molar-refractivity contribution in [3.8, 4) is 0 Å². The molecule has 0 aliphatic heterocycles. The van der Waals surface area contributed by atoms with Crippen LogP contribution in [0.2, 0.25) is 0 Å². The van der Waals surface area contributed by atoms with Crippen molar-refractivity contribution in [1.82, 2.24) is 0 Å². The Labute approximate surface area is 125 Å². The van der Waals surface area contributed by atoms with E-state index >= 15 is 0 Å². The number of aliphatic hydroxyl groups excluding tert-OH is 1. The second kappa shape index (κ2) is 10.9. The lowest BCUT2D eigenvalue weighted by molar-refractivity contribution is 0.280. The van der Waals surface area contributed by atoms with Gasteiger partial charge in [0.05, 0.1) is 6.61 Å². The molecule has 0 spiro atoms. The highest BCUT2D eigenvalue weighted by Crippen LogP contribution is 2.18. The fourth-order valence-corrected chi connectivity index (χ4v) is 2.72. The fourth-order valence-electron chi connectivity index (χ4n) is 2.72. The van der Waals surface area contributed by atoms with Crippen LogP contribution in [0.4, 0.5) is 0 Å². The summed E-state index contributed by atoms with van der Waals surface area (Å²) in [5.41, 5.74) is 3.94. The van der Waals surface area contributed by atoms with Gasteiger partial charge in [0.25, 0.3) is 0 Å². The van der Waals surface area contributed by atoms with E-state index in [9.17, 15) is 5.11 Å². The molecular formula is C19H32O. The van der Waals surface area contributed by atoms with Crippen LogP contribution in [0.3, 0.4) is 0 Å². The summed E-state index contributed by atoms with van der Waals surface area (Å²) in [5, 5.41) is 9.46. The number of hydrogen-bond acceptors (Lipinski definition) is 1. The number of rotatable bonds is 11. The molecule has 0 atom stereocenters. The number of benzene rings is 1. The van der Waals surface area contributed by atoms with Crippen molar-refractivity contribution in [2.75, 3.05) is 0 Å². The van der Waals surface area contributed by atoms with E-state index in [1.54, 1.807) is 0 Å². The SMILES string of the molecule is CCCCCCc1ccc(CO)c(CCCCCC)c1. The molecule has 1 heteroatoms. The number of aryl methyl sites for hydroxylation is 2. The molecule has 1 rings (SSSR count). The van der Waals surface area contributed by atoms with E-state index in [1.165, 1.54) is 68.9 Å². The molecule has 0 unspecified atom stereocenters. The van der Waals surface area contributed by atoms with Gasteiger partial charge in [-0.2, -0.15) is 0 Å². The Hall–Kier alpha value is -0.820. The normalized spacial score (nSPS) is 10.9. The zero-order valence-electron chi connectivity index (χ0n) is 13.5. The third kappa shape index (κ3) is 6.56. The summed E-state index contributed by atoms with van der Waals surface area (Å²) in [6, 6.07) is 6.67. The van der Waals surface area contributed by atoms with Gasteiger partial charge < -0.3 is 5.11 Å². The van der Waals surface area contributed by atoms with Gasteiger partial charge in [-0.1, -0.05) is 70.6 Å². The minimum Gasteiger partial charge on any atom is -0.392 e. The summed E-state index contributed by atoms with van der Waals surface area (Å²) in [4.78, 5) is 0. The van der Waals surface area contributed by atoms with Crippen LogP contribution >= 0.6 is 0 Å². The minimum absolute atomic E-state index is 0.180. The van der Waals surface area contributed by atoms with E-state index in [1.807, 2.05) is 0 Å². The molecule has 0 bridgehead atoms. The van der Waals surface area contributed by atoms with Crippen molar-refractivity contribution in [3.05, 3.63) is 34.9 Å². The van der Waals surface area contributed by atoms with Crippen LogP contribution in [-0.4, -0.2) is 5.11 Å². The first-order chi connectivity index (χ1) is 9.81. The maximum atomic E-state index is 9.46. The Morgan fingerprint density at radius 3 is 2.00 bits per heavy atom. The van der Waals surface area contributed by atoms with Gasteiger partial charge in [-0.25, -0.2) is 0 Å². The maximum absolute atomic E-state index is 9.46. The minimum atomic E-state index is 0.180. The molecule has 1 aromatic carbocycles. The zero-order valence-corrected chi connectivity index (χ0v) is 13.5. The Kier molecular flexibility index (Phi) is 9.40. The van der Waals surface area contributed by atoms with Gasteiger partial charge in [-0.15, -0.1) is 0 Å². The molecule has 0 aliphatic carbocycles. The molecule has 0 saturated heterocycles. The van der Waals surface area contributed by atoms with Crippen molar-refractivity contribution < 1.29 is 5.11 Å². The molecular weight excluding hydrogens is 244 g/mol. The number of unbranched alkanes of at least 4 members (excludes halogenated alkanes) is 6. The summed E-state index contributed by atoms with van der Waals surface area (Å²) in [5.74, 6) is 0. The Morgan fingerprint density at radius 1 is 0.750 bits per heavy atom. The lowest BCUT2D eigenvalue weighted by atomic mass is 9.96. The summed E-state index contributed by atoms with van der Waals surface area (Å²) < 4.78 is 0. The Bertz CT molecular complexity index is 357. The predicted molar refractivity (Wildman–Crippen MR) is 88.1 cm³/mol. The van der Waals surface area contributed by atoms with Crippen LogP contribution < -0.4 is 0 Å². The van der Waals surface area contributed by atoms with Crippen molar-refractivity contribution in [2.24, 2.45) is 0 Å². The summed E-state index contributed by atoms with van der Waals surface area (Å²) in [7, 11) is 0. The molecule has 0 radical (unpaired) electrons. The quantitative estimate of drug-likeness (QED) is 0.535. The average Bonchev–Trinajstić information content (AvgIpc) is 2.48. The predicted octanol–water partition coefficient (Wildman–Crippen LogP) is 5.42. The van der Waals surface area contributed by atoms with Crippen molar-refractivity contribution in [2.45, 2.75) is 84.7 Å². The first kappa shape index (κ1) is 17.2. The molecule has 0 heterocycles. The Balaban J connectivity index is 2.51. The summed E-state index contributed by atoms with van der Waals surface area (Å²) in [6.07, 6.45) is 12.8. The van der Waals surface area contributed by atoms with Gasteiger partial charge in [-0.05, 0) is 42.4 Å². The van der Waals surface area contributed by atoms with E-state index in [0.717, 1.165) is 12.0 Å². The first-order valence-corrected chi connectivity index (χ1v) is 8.53. The molecule has 1 nitrogen and oxygen atoms in total. The highest BCUT2D eigenvalue weighted by Gasteiger charge is 2.04. The lowest BCUT2D eigenvalue weighted by Crippen LogP contribution is -1.97. The first-order valence-electron chi connectivity index (χ1n) is 8.53. The van der Waals surface area contributed by atoms with Crippen LogP contribution in [0.1, 0.15) is 81.9 Å². The molecule has 114 valence electrons. The summed E-state index contributed by atoms with van der Waals surface area (Å²) >= 11 is 0. The molecule has 1 N–H and O–H groups in total. The second-order valence-corrected chi connectivity index (χ2v) is 5.88. The maximum Gasteiger partial charge on any atom is 0.0684 e. The van der Waals surface area contributed by atoms with Gasteiger partial charge in [-0.3, -0.25) is 0 Å². The zero-order chi connectivity index (χ0) is 14.6. The van der Waals surface area contributed by atoms with Gasteiger partial charge in [0.2, 0.25) is 0 Å². The highest BCUT2D eigenvalue weighted by atomic mass is 16.3. The fraction of sp³-hybridized carbons (Fsp3) is 0.684. The molecule has 0 aliphatic rings. The Morgan fingerprint density at radius 2 is 1.40 bits per heavy atom. The average molecular weight is 276 g/mol. The van der Waals surface area contributed by atoms with E-state index in [-0.39, 0.29) is 6.61 Å². The van der Waals surface area contributed by atoms with E-state index < -0.39 is 0 Å². The van der Waals surface area contributed by atoms with Crippen molar-refractivity contribution >= 4 is 0 Å². The van der Waals surface area contributed by atoms with Gasteiger partial charge in [0.15, 0.2) is 0 Å². The third-order valence-electron chi connectivity index (χ3n) is 4.06. The van der Waals surface area contributed by atoms with E-state index in [4.69, 9.17) is 0 Å². The standard InChI is InChI=1S/C19H32O/c1-3-5-7-9-11-17-13-14-19(16-20)18(15-17)12-10-8-6-4-2/h13-15,20H,3-12,16H2,1-2H3. The molecule has 0 saturated carbocycles. The molecule has 1 aromatic rings. The van der Waals surface area contributed by atoms with Crippen LogP contribution in [0.25, 0.3) is 0 Å².